The van der Waals surface area contributed by atoms with Gasteiger partial charge in [-0.3, -0.25) is 4.79 Å². The molecule has 0 radical (unpaired) electrons. The minimum Gasteiger partial charge on any atom is -0.438 e. The van der Waals surface area contributed by atoms with Gasteiger partial charge in [-0.2, -0.15) is 0 Å². The number of hydrogen-bond donors (Lipinski definition) is 2. The molecule has 152 valence electrons. The van der Waals surface area contributed by atoms with E-state index in [1.807, 2.05) is 36.0 Å². The summed E-state index contributed by atoms with van der Waals surface area (Å²) in [5.41, 5.74) is -0.0128. The second-order valence-corrected chi connectivity index (χ2v) is 11.0. The van der Waals surface area contributed by atoms with Crippen molar-refractivity contribution < 1.29 is 17.6 Å². The van der Waals surface area contributed by atoms with E-state index in [4.69, 9.17) is 4.42 Å². The van der Waals surface area contributed by atoms with E-state index in [9.17, 15) is 13.2 Å². The predicted molar refractivity (Wildman–Crippen MR) is 111 cm³/mol. The van der Waals surface area contributed by atoms with Crippen LogP contribution in [0.1, 0.15) is 57.0 Å². The summed E-state index contributed by atoms with van der Waals surface area (Å²) in [6.45, 7) is 5.20. The second-order valence-electron chi connectivity index (χ2n) is 7.98. The lowest BCUT2D eigenvalue weighted by Crippen LogP contribution is -2.40. The van der Waals surface area contributed by atoms with Crippen molar-refractivity contribution in [3.63, 3.8) is 0 Å². The van der Waals surface area contributed by atoms with Gasteiger partial charge in [0.2, 0.25) is 5.09 Å². The number of nitrogens with one attached hydrogen (secondary N) is 2. The van der Waals surface area contributed by atoms with Gasteiger partial charge < -0.3 is 9.73 Å². The van der Waals surface area contributed by atoms with Crippen molar-refractivity contribution in [2.24, 2.45) is 0 Å². The van der Waals surface area contributed by atoms with E-state index in [2.05, 4.69) is 10.0 Å². The van der Waals surface area contributed by atoms with E-state index >= 15 is 0 Å². The first-order valence-electron chi connectivity index (χ1n) is 9.34. The zero-order valence-corrected chi connectivity index (χ0v) is 18.0. The van der Waals surface area contributed by atoms with Gasteiger partial charge in [0, 0.05) is 21.4 Å². The molecule has 1 aromatic carbocycles. The summed E-state index contributed by atoms with van der Waals surface area (Å²) in [6, 6.07) is 10.3. The highest BCUT2D eigenvalue weighted by molar-refractivity contribution is 8.00. The van der Waals surface area contributed by atoms with Crippen LogP contribution in [-0.2, 0) is 10.0 Å². The van der Waals surface area contributed by atoms with Crippen LogP contribution in [0.15, 0.2) is 50.8 Å². The lowest BCUT2D eigenvalue weighted by molar-refractivity contribution is 0.0991. The number of carbonyl (C=O) groups is 1. The molecule has 0 unspecified atom stereocenters. The van der Waals surface area contributed by atoms with Crippen molar-refractivity contribution in [3.05, 3.63) is 42.2 Å². The number of rotatable bonds is 6. The zero-order chi connectivity index (χ0) is 20.4. The number of carbonyl (C=O) groups excluding carboxylic acids is 1. The van der Waals surface area contributed by atoms with Crippen molar-refractivity contribution in [1.82, 2.24) is 4.72 Å². The molecule has 1 amide bonds. The molecule has 2 aromatic rings. The maximum absolute atomic E-state index is 12.4. The maximum Gasteiger partial charge on any atom is 0.291 e. The standard InChI is InChI=1S/C20H26N2O4S2/c1-20(2,3)22-28(24,25)18-13-12-17(26-18)19(23)21-14-8-10-16(11-9-14)27-15-6-4-5-7-15/h8-13,15,22H,4-7H2,1-3H3,(H,21,23). The van der Waals surface area contributed by atoms with Crippen LogP contribution in [0.25, 0.3) is 0 Å². The van der Waals surface area contributed by atoms with Crippen molar-refractivity contribution in [3.8, 4) is 0 Å². The van der Waals surface area contributed by atoms with Gasteiger partial charge >= 0.3 is 0 Å². The van der Waals surface area contributed by atoms with Crippen molar-refractivity contribution in [2.75, 3.05) is 5.32 Å². The Balaban J connectivity index is 1.62. The number of furan rings is 1. The van der Waals surface area contributed by atoms with Crippen LogP contribution >= 0.6 is 11.8 Å². The van der Waals surface area contributed by atoms with Gasteiger partial charge in [-0.05, 0) is 70.0 Å². The minimum absolute atomic E-state index is 0.0568. The Morgan fingerprint density at radius 2 is 1.71 bits per heavy atom. The molecular weight excluding hydrogens is 396 g/mol. The highest BCUT2D eigenvalue weighted by Crippen LogP contribution is 2.35. The lowest BCUT2D eigenvalue weighted by atomic mass is 10.1. The molecule has 0 aliphatic heterocycles. The third-order valence-corrected chi connectivity index (χ3v) is 7.21. The highest BCUT2D eigenvalue weighted by atomic mass is 32.2. The molecule has 0 saturated heterocycles. The summed E-state index contributed by atoms with van der Waals surface area (Å²) < 4.78 is 32.3. The maximum atomic E-state index is 12.4. The van der Waals surface area contributed by atoms with Gasteiger partial charge in [0.1, 0.15) is 0 Å². The zero-order valence-electron chi connectivity index (χ0n) is 16.3. The Hall–Kier alpha value is -1.77. The third kappa shape index (κ3) is 5.62. The Kier molecular flexibility index (Phi) is 6.21. The fourth-order valence-electron chi connectivity index (χ4n) is 3.05. The van der Waals surface area contributed by atoms with Crippen LogP contribution in [0.5, 0.6) is 0 Å². The lowest BCUT2D eigenvalue weighted by Gasteiger charge is -2.18. The van der Waals surface area contributed by atoms with E-state index in [0.717, 1.165) is 0 Å². The predicted octanol–water partition coefficient (Wildman–Crippen LogP) is 4.64. The molecule has 3 rings (SSSR count). The number of anilines is 1. The third-order valence-electron chi connectivity index (χ3n) is 4.23. The summed E-state index contributed by atoms with van der Waals surface area (Å²) in [5.74, 6) is -0.549. The van der Waals surface area contributed by atoms with E-state index in [-0.39, 0.29) is 10.9 Å². The van der Waals surface area contributed by atoms with Crippen molar-refractivity contribution >= 4 is 33.4 Å². The average molecular weight is 423 g/mol. The quantitative estimate of drug-likeness (QED) is 0.708. The fourth-order valence-corrected chi connectivity index (χ4v) is 5.65. The number of sulfonamides is 1. The Bertz CT molecular complexity index is 922. The van der Waals surface area contributed by atoms with Gasteiger partial charge in [-0.15, -0.1) is 11.8 Å². The van der Waals surface area contributed by atoms with Crippen LogP contribution in [0.3, 0.4) is 0 Å². The molecule has 28 heavy (non-hydrogen) atoms. The molecular formula is C20H26N2O4S2. The molecule has 8 heteroatoms. The Morgan fingerprint density at radius 3 is 2.32 bits per heavy atom. The average Bonchev–Trinajstić information content (AvgIpc) is 3.26. The summed E-state index contributed by atoms with van der Waals surface area (Å²) in [7, 11) is -3.82. The molecule has 0 atom stereocenters. The summed E-state index contributed by atoms with van der Waals surface area (Å²) in [5, 5.41) is 3.14. The fraction of sp³-hybridized carbons (Fsp3) is 0.450. The molecule has 1 fully saturated rings. The summed E-state index contributed by atoms with van der Waals surface area (Å²) >= 11 is 1.88. The molecule has 1 aromatic heterocycles. The minimum atomic E-state index is -3.82. The summed E-state index contributed by atoms with van der Waals surface area (Å²) in [6.07, 6.45) is 5.13. The largest absolute Gasteiger partial charge is 0.438 e. The van der Waals surface area contributed by atoms with E-state index in [0.29, 0.717) is 10.9 Å². The number of benzene rings is 1. The van der Waals surface area contributed by atoms with Crippen LogP contribution in [0.4, 0.5) is 5.69 Å². The molecule has 1 saturated carbocycles. The first kappa shape index (κ1) is 21.0. The van der Waals surface area contributed by atoms with Crippen LogP contribution < -0.4 is 10.0 Å². The van der Waals surface area contributed by atoms with Crippen LogP contribution in [0, 0.1) is 0 Å². The molecule has 1 aliphatic carbocycles. The summed E-state index contributed by atoms with van der Waals surface area (Å²) in [4.78, 5) is 13.6. The SMILES string of the molecule is CC(C)(C)NS(=O)(=O)c1ccc(C(=O)Nc2ccc(SC3CCCC3)cc2)o1. The van der Waals surface area contributed by atoms with Crippen LogP contribution in [0.2, 0.25) is 0 Å². The van der Waals surface area contributed by atoms with E-state index in [1.54, 1.807) is 20.8 Å². The van der Waals surface area contributed by atoms with E-state index < -0.39 is 21.5 Å². The number of thioether (sulfide) groups is 1. The Labute approximate surface area is 170 Å². The Morgan fingerprint density at radius 1 is 1.07 bits per heavy atom. The van der Waals surface area contributed by atoms with Gasteiger partial charge in [-0.25, -0.2) is 13.1 Å². The van der Waals surface area contributed by atoms with E-state index in [1.165, 1.54) is 42.7 Å². The van der Waals surface area contributed by atoms with Gasteiger partial charge in [-0.1, -0.05) is 12.8 Å². The normalized spacial score (nSPS) is 15.7. The molecule has 0 spiro atoms. The molecule has 2 N–H and O–H groups in total. The molecule has 6 nitrogen and oxygen atoms in total. The monoisotopic (exact) mass is 422 g/mol. The molecule has 1 heterocycles. The van der Waals surface area contributed by atoms with Gasteiger partial charge in [0.15, 0.2) is 5.76 Å². The molecule has 0 bridgehead atoms. The van der Waals surface area contributed by atoms with Crippen molar-refractivity contribution in [1.29, 1.82) is 0 Å². The first-order chi connectivity index (χ1) is 13.1. The number of amides is 1. The smallest absolute Gasteiger partial charge is 0.291 e. The van der Waals surface area contributed by atoms with Gasteiger partial charge in [0.25, 0.3) is 15.9 Å². The van der Waals surface area contributed by atoms with Crippen LogP contribution in [-0.4, -0.2) is 25.1 Å². The second kappa shape index (κ2) is 8.31. The first-order valence-corrected chi connectivity index (χ1v) is 11.7. The topological polar surface area (TPSA) is 88.4 Å². The molecule has 1 aliphatic rings. The number of hydrogen-bond acceptors (Lipinski definition) is 5. The van der Waals surface area contributed by atoms with Gasteiger partial charge in [0.05, 0.1) is 0 Å². The highest BCUT2D eigenvalue weighted by Gasteiger charge is 2.26. The van der Waals surface area contributed by atoms with Crippen molar-refractivity contribution in [2.45, 2.75) is 67.2 Å².